The first-order valence-corrected chi connectivity index (χ1v) is 9.04. The summed E-state index contributed by atoms with van der Waals surface area (Å²) < 4.78 is 0. The maximum atomic E-state index is 12.6. The highest BCUT2D eigenvalue weighted by atomic mass is 16.2. The zero-order chi connectivity index (χ0) is 17.6. The number of carbonyl (C=O) groups is 1. The van der Waals surface area contributed by atoms with Crippen LogP contribution in [0.25, 0.3) is 0 Å². The number of carbonyl (C=O) groups excluding carboxylic acids is 1. The molecule has 0 aliphatic carbocycles. The number of amides is 1. The van der Waals surface area contributed by atoms with E-state index in [1.54, 1.807) is 0 Å². The lowest BCUT2D eigenvalue weighted by Gasteiger charge is -2.38. The zero-order valence-electron chi connectivity index (χ0n) is 15.1. The molecule has 2 aromatic carbocycles. The number of para-hydroxylation sites is 1. The molecule has 4 nitrogen and oxygen atoms in total. The van der Waals surface area contributed by atoms with Gasteiger partial charge in [0.25, 0.3) is 0 Å². The second-order valence-corrected chi connectivity index (χ2v) is 6.68. The maximum Gasteiger partial charge on any atom is 0.237 e. The Labute approximate surface area is 150 Å². The number of piperazine rings is 1. The van der Waals surface area contributed by atoms with Crippen LogP contribution in [0.15, 0.2) is 60.7 Å². The summed E-state index contributed by atoms with van der Waals surface area (Å²) >= 11 is 0. The molecule has 3 rings (SSSR count). The zero-order valence-corrected chi connectivity index (χ0v) is 15.1. The van der Waals surface area contributed by atoms with E-state index in [0.29, 0.717) is 0 Å². The van der Waals surface area contributed by atoms with Crippen molar-refractivity contribution < 1.29 is 4.79 Å². The minimum absolute atomic E-state index is 0.0294. The molecule has 1 saturated heterocycles. The Bertz CT molecular complexity index is 666. The van der Waals surface area contributed by atoms with Gasteiger partial charge in [-0.2, -0.15) is 0 Å². The number of anilines is 1. The lowest BCUT2D eigenvalue weighted by molar-refractivity contribution is -0.126. The normalized spacial score (nSPS) is 17.8. The predicted molar refractivity (Wildman–Crippen MR) is 103 cm³/mol. The van der Waals surface area contributed by atoms with E-state index in [0.717, 1.165) is 31.7 Å². The number of hydrogen-bond donors (Lipinski definition) is 1. The van der Waals surface area contributed by atoms with Gasteiger partial charge in [0.15, 0.2) is 0 Å². The summed E-state index contributed by atoms with van der Waals surface area (Å²) in [6, 6.07) is 20.5. The molecule has 0 radical (unpaired) electrons. The van der Waals surface area contributed by atoms with E-state index in [2.05, 4.69) is 39.4 Å². The van der Waals surface area contributed by atoms with Crippen molar-refractivity contribution in [1.82, 2.24) is 10.2 Å². The van der Waals surface area contributed by atoms with Gasteiger partial charge in [-0.15, -0.1) is 0 Å². The second-order valence-electron chi connectivity index (χ2n) is 6.68. The maximum absolute atomic E-state index is 12.6. The van der Waals surface area contributed by atoms with E-state index in [4.69, 9.17) is 0 Å². The molecule has 4 heteroatoms. The summed E-state index contributed by atoms with van der Waals surface area (Å²) in [7, 11) is 0. The summed E-state index contributed by atoms with van der Waals surface area (Å²) in [5.74, 6) is 0.101. The molecule has 1 fully saturated rings. The third kappa shape index (κ3) is 4.40. The summed E-state index contributed by atoms with van der Waals surface area (Å²) in [6.07, 6.45) is 0. The Morgan fingerprint density at radius 1 is 0.880 bits per heavy atom. The molecular weight excluding hydrogens is 310 g/mol. The van der Waals surface area contributed by atoms with Gasteiger partial charge in [0.05, 0.1) is 12.1 Å². The highest BCUT2D eigenvalue weighted by molar-refractivity contribution is 5.81. The fourth-order valence-electron chi connectivity index (χ4n) is 3.33. The van der Waals surface area contributed by atoms with Crippen molar-refractivity contribution in [3.63, 3.8) is 0 Å². The third-order valence-electron chi connectivity index (χ3n) is 5.02. The Kier molecular flexibility index (Phi) is 5.71. The Balaban J connectivity index is 1.52. The summed E-state index contributed by atoms with van der Waals surface area (Å²) in [5.41, 5.74) is 2.40. The van der Waals surface area contributed by atoms with Crippen molar-refractivity contribution in [3.05, 3.63) is 66.2 Å². The monoisotopic (exact) mass is 337 g/mol. The fraction of sp³-hybridized carbons (Fsp3) is 0.381. The van der Waals surface area contributed by atoms with Crippen molar-refractivity contribution in [2.45, 2.75) is 25.9 Å². The average molecular weight is 337 g/mol. The molecule has 0 aromatic heterocycles. The second kappa shape index (κ2) is 8.17. The van der Waals surface area contributed by atoms with Gasteiger partial charge in [-0.1, -0.05) is 48.5 Å². The van der Waals surface area contributed by atoms with Crippen LogP contribution < -0.4 is 10.2 Å². The summed E-state index contributed by atoms with van der Waals surface area (Å²) in [5, 5.41) is 3.14. The Morgan fingerprint density at radius 2 is 1.44 bits per heavy atom. The van der Waals surface area contributed by atoms with Gasteiger partial charge in [0.2, 0.25) is 5.91 Å². The highest BCUT2D eigenvalue weighted by Gasteiger charge is 2.26. The van der Waals surface area contributed by atoms with Gasteiger partial charge in [-0.25, -0.2) is 0 Å². The first-order chi connectivity index (χ1) is 12.1. The standard InChI is InChI=1S/C21H27N3O/c1-17(19-9-5-3-6-10-19)22-21(25)18(2)23-13-15-24(16-14-23)20-11-7-4-8-12-20/h3-12,17-18H,13-16H2,1-2H3,(H,22,25)/t17-,18+/m1/s1. The van der Waals surface area contributed by atoms with Gasteiger partial charge in [-0.3, -0.25) is 9.69 Å². The van der Waals surface area contributed by atoms with Crippen LogP contribution in [0.5, 0.6) is 0 Å². The van der Waals surface area contributed by atoms with Crippen molar-refractivity contribution >= 4 is 11.6 Å². The van der Waals surface area contributed by atoms with Gasteiger partial charge < -0.3 is 10.2 Å². The molecule has 0 spiro atoms. The average Bonchev–Trinajstić information content (AvgIpc) is 2.69. The van der Waals surface area contributed by atoms with Gasteiger partial charge in [0.1, 0.15) is 0 Å². The molecule has 1 heterocycles. The molecule has 1 aliphatic rings. The van der Waals surface area contributed by atoms with E-state index in [9.17, 15) is 4.79 Å². The molecule has 132 valence electrons. The molecular formula is C21H27N3O. The van der Waals surface area contributed by atoms with E-state index in [-0.39, 0.29) is 18.0 Å². The predicted octanol–water partition coefficient (Wildman–Crippen LogP) is 3.07. The number of hydrogen-bond acceptors (Lipinski definition) is 3. The topological polar surface area (TPSA) is 35.6 Å². The molecule has 0 saturated carbocycles. The number of rotatable bonds is 5. The molecule has 0 bridgehead atoms. The summed E-state index contributed by atoms with van der Waals surface area (Å²) in [4.78, 5) is 17.3. The molecule has 1 N–H and O–H groups in total. The quantitative estimate of drug-likeness (QED) is 0.911. The van der Waals surface area contributed by atoms with Crippen molar-refractivity contribution in [3.8, 4) is 0 Å². The molecule has 2 atom stereocenters. The van der Waals surface area contributed by atoms with E-state index >= 15 is 0 Å². The van der Waals surface area contributed by atoms with Crippen LogP contribution in [0.1, 0.15) is 25.5 Å². The number of nitrogens with one attached hydrogen (secondary N) is 1. The van der Waals surface area contributed by atoms with Crippen LogP contribution in [0.2, 0.25) is 0 Å². The van der Waals surface area contributed by atoms with Gasteiger partial charge in [-0.05, 0) is 31.5 Å². The van der Waals surface area contributed by atoms with Gasteiger partial charge >= 0.3 is 0 Å². The van der Waals surface area contributed by atoms with E-state index in [1.165, 1.54) is 5.69 Å². The highest BCUT2D eigenvalue weighted by Crippen LogP contribution is 2.17. The minimum Gasteiger partial charge on any atom is -0.369 e. The molecule has 0 unspecified atom stereocenters. The van der Waals surface area contributed by atoms with Crippen molar-refractivity contribution in [2.24, 2.45) is 0 Å². The van der Waals surface area contributed by atoms with Crippen LogP contribution >= 0.6 is 0 Å². The summed E-state index contributed by atoms with van der Waals surface area (Å²) in [6.45, 7) is 7.76. The largest absolute Gasteiger partial charge is 0.369 e. The Morgan fingerprint density at radius 3 is 2.04 bits per heavy atom. The van der Waals surface area contributed by atoms with E-state index < -0.39 is 0 Å². The first kappa shape index (κ1) is 17.5. The Hall–Kier alpha value is -2.33. The smallest absolute Gasteiger partial charge is 0.237 e. The van der Waals surface area contributed by atoms with Crippen LogP contribution in [-0.2, 0) is 4.79 Å². The van der Waals surface area contributed by atoms with Crippen molar-refractivity contribution in [1.29, 1.82) is 0 Å². The van der Waals surface area contributed by atoms with Crippen LogP contribution in [0, 0.1) is 0 Å². The number of benzene rings is 2. The van der Waals surface area contributed by atoms with Crippen LogP contribution in [0.4, 0.5) is 5.69 Å². The lowest BCUT2D eigenvalue weighted by atomic mass is 10.1. The van der Waals surface area contributed by atoms with Crippen LogP contribution in [-0.4, -0.2) is 43.0 Å². The minimum atomic E-state index is -0.107. The molecule has 1 amide bonds. The van der Waals surface area contributed by atoms with Crippen molar-refractivity contribution in [2.75, 3.05) is 31.1 Å². The van der Waals surface area contributed by atoms with Gasteiger partial charge in [0, 0.05) is 31.9 Å². The first-order valence-electron chi connectivity index (χ1n) is 9.04. The fourth-order valence-corrected chi connectivity index (χ4v) is 3.33. The number of nitrogens with zero attached hydrogens (tertiary/aromatic N) is 2. The molecule has 2 aromatic rings. The lowest BCUT2D eigenvalue weighted by Crippen LogP contribution is -2.54. The third-order valence-corrected chi connectivity index (χ3v) is 5.02. The van der Waals surface area contributed by atoms with Crippen LogP contribution in [0.3, 0.4) is 0 Å². The van der Waals surface area contributed by atoms with E-state index in [1.807, 2.05) is 50.2 Å². The molecule has 25 heavy (non-hydrogen) atoms. The SMILES string of the molecule is C[C@@H](NC(=O)[C@H](C)N1CCN(c2ccccc2)CC1)c1ccccc1. The molecule has 1 aliphatic heterocycles.